The lowest BCUT2D eigenvalue weighted by Crippen LogP contribution is -2.65. The number of carboxylic acid groups (broad SMARTS) is 1. The molecule has 2 aliphatic rings. The van der Waals surface area contributed by atoms with Gasteiger partial charge in [0.15, 0.2) is 0 Å². The van der Waals surface area contributed by atoms with Gasteiger partial charge < -0.3 is 9.84 Å². The molecule has 2 atom stereocenters. The maximum atomic E-state index is 14.5. The summed E-state index contributed by atoms with van der Waals surface area (Å²) in [7, 11) is 1.43. The Balaban J connectivity index is 1.41. The van der Waals surface area contributed by atoms with E-state index in [-0.39, 0.29) is 24.8 Å². The van der Waals surface area contributed by atoms with Crippen molar-refractivity contribution in [3.05, 3.63) is 96.4 Å². The van der Waals surface area contributed by atoms with Gasteiger partial charge in [0, 0.05) is 38.1 Å². The third kappa shape index (κ3) is 4.87. The molecule has 2 saturated heterocycles. The summed E-state index contributed by atoms with van der Waals surface area (Å²) in [6, 6.07) is 21.4. The number of likely N-dealkylation sites (tertiary alicyclic amines) is 1. The summed E-state index contributed by atoms with van der Waals surface area (Å²) in [5, 5.41) is 10.6. The number of nitrogens with zero attached hydrogens (tertiary/aromatic N) is 6. The molecule has 2 aromatic carbocycles. The second-order valence-electron chi connectivity index (χ2n) is 10.6. The molecule has 2 fully saturated rings. The highest BCUT2D eigenvalue weighted by Gasteiger charge is 2.66. The Morgan fingerprint density at radius 2 is 1.72 bits per heavy atom. The van der Waals surface area contributed by atoms with Crippen molar-refractivity contribution in [2.75, 3.05) is 30.0 Å². The molecule has 1 N–H and O–H groups in total. The van der Waals surface area contributed by atoms with Gasteiger partial charge in [-0.2, -0.15) is 4.98 Å². The van der Waals surface area contributed by atoms with Crippen LogP contribution >= 0.6 is 0 Å². The highest BCUT2D eigenvalue weighted by atomic mass is 16.5. The van der Waals surface area contributed by atoms with Crippen LogP contribution in [0.4, 0.5) is 16.4 Å². The molecule has 4 heterocycles. The summed E-state index contributed by atoms with van der Waals surface area (Å²) >= 11 is 0. The molecule has 6 rings (SSSR count). The lowest BCUT2D eigenvalue weighted by atomic mass is 9.76. The van der Waals surface area contributed by atoms with Crippen LogP contribution in [0.3, 0.4) is 0 Å². The first kappa shape index (κ1) is 28.0. The van der Waals surface area contributed by atoms with Gasteiger partial charge in [-0.05, 0) is 48.2 Å². The maximum absolute atomic E-state index is 14.5. The lowest BCUT2D eigenvalue weighted by molar-refractivity contribution is -0.150. The summed E-state index contributed by atoms with van der Waals surface area (Å²) in [6.07, 6.45) is 3.17. The van der Waals surface area contributed by atoms with Crippen molar-refractivity contribution >= 4 is 29.5 Å². The zero-order valence-electron chi connectivity index (χ0n) is 23.8. The molecular weight excluding hydrogens is 548 g/mol. The minimum absolute atomic E-state index is 0.0195. The summed E-state index contributed by atoms with van der Waals surface area (Å²) in [5.74, 6) is -3.01. The average Bonchev–Trinajstić information content (AvgIpc) is 3.25. The number of carbonyl (C=O) groups excluding carboxylic acids is 2. The van der Waals surface area contributed by atoms with Crippen LogP contribution < -0.4 is 14.5 Å². The number of aryl methyl sites for hydroxylation is 1. The summed E-state index contributed by atoms with van der Waals surface area (Å²) in [6.45, 7) is 2.73. The van der Waals surface area contributed by atoms with Gasteiger partial charge in [-0.25, -0.2) is 19.6 Å². The van der Waals surface area contributed by atoms with Gasteiger partial charge in [-0.15, -0.1) is 0 Å². The molecule has 11 nitrogen and oxygen atoms in total. The molecule has 11 heteroatoms. The van der Waals surface area contributed by atoms with E-state index in [1.807, 2.05) is 66.4 Å². The molecule has 4 aromatic rings. The van der Waals surface area contributed by atoms with Gasteiger partial charge >= 0.3 is 12.0 Å². The number of urea groups is 1. The quantitative estimate of drug-likeness (QED) is 0.321. The number of methoxy groups -OCH3 is 1. The van der Waals surface area contributed by atoms with Crippen molar-refractivity contribution in [2.45, 2.75) is 25.4 Å². The number of carbonyl (C=O) groups is 3. The minimum Gasteiger partial charge on any atom is -0.481 e. The predicted molar refractivity (Wildman–Crippen MR) is 159 cm³/mol. The standard InChI is InChI=1S/C32H30N6O5/c1-21-7-6-16-33-26(21)20-36-18-15-32(25(19-36)28(39)40)29(41)37(31(42)38(32)30-34-17-14-27(35-30)43-2)24-12-10-23(11-13-24)22-8-4-3-5-9-22/h3-14,16-17,25H,15,18-20H2,1-2H3,(H,39,40). The van der Waals surface area contributed by atoms with Crippen molar-refractivity contribution < 1.29 is 24.2 Å². The molecule has 0 bridgehead atoms. The first-order valence-electron chi connectivity index (χ1n) is 13.9. The molecule has 2 aliphatic heterocycles. The fraction of sp³-hybridized carbons (Fsp3) is 0.250. The Bertz CT molecular complexity index is 1680. The Kier molecular flexibility index (Phi) is 7.32. The zero-order valence-corrected chi connectivity index (χ0v) is 23.8. The van der Waals surface area contributed by atoms with Gasteiger partial charge in [0.1, 0.15) is 11.5 Å². The van der Waals surface area contributed by atoms with Crippen molar-refractivity contribution in [2.24, 2.45) is 5.92 Å². The van der Waals surface area contributed by atoms with Crippen LogP contribution in [0.5, 0.6) is 5.88 Å². The summed E-state index contributed by atoms with van der Waals surface area (Å²) in [4.78, 5) is 59.0. The number of aliphatic carboxylic acids is 1. The molecule has 0 radical (unpaired) electrons. The maximum Gasteiger partial charge on any atom is 0.339 e. The number of amides is 3. The van der Waals surface area contributed by atoms with E-state index in [4.69, 9.17) is 4.74 Å². The number of benzene rings is 2. The van der Waals surface area contributed by atoms with Gasteiger partial charge in [0.25, 0.3) is 5.91 Å². The Labute approximate surface area is 248 Å². The molecular formula is C32H30N6O5. The van der Waals surface area contributed by atoms with E-state index in [0.29, 0.717) is 18.8 Å². The Hall–Kier alpha value is -5.16. The van der Waals surface area contributed by atoms with Crippen molar-refractivity contribution in [3.63, 3.8) is 0 Å². The first-order chi connectivity index (χ1) is 20.8. The molecule has 0 saturated carbocycles. The monoisotopic (exact) mass is 578 g/mol. The summed E-state index contributed by atoms with van der Waals surface area (Å²) < 4.78 is 5.27. The number of anilines is 2. The normalized spacial score (nSPS) is 20.6. The van der Waals surface area contributed by atoms with Crippen LogP contribution in [0, 0.1) is 12.8 Å². The van der Waals surface area contributed by atoms with E-state index in [1.54, 1.807) is 18.3 Å². The number of hydrogen-bond donors (Lipinski definition) is 1. The molecule has 218 valence electrons. The van der Waals surface area contributed by atoms with Crippen LogP contribution in [0.1, 0.15) is 17.7 Å². The van der Waals surface area contributed by atoms with E-state index < -0.39 is 29.4 Å². The number of aromatic nitrogens is 3. The zero-order chi connectivity index (χ0) is 30.1. The number of ether oxygens (including phenoxy) is 1. The van der Waals surface area contributed by atoms with Gasteiger partial charge in [0.05, 0.1) is 18.5 Å². The van der Waals surface area contributed by atoms with Crippen LogP contribution in [-0.4, -0.2) is 68.6 Å². The van der Waals surface area contributed by atoms with Crippen molar-refractivity contribution in [1.29, 1.82) is 0 Å². The van der Waals surface area contributed by atoms with E-state index in [1.165, 1.54) is 19.4 Å². The number of imide groups is 1. The number of piperidine rings is 1. The highest BCUT2D eigenvalue weighted by molar-refractivity contribution is 6.31. The SMILES string of the molecule is COc1ccnc(N2C(=O)N(c3ccc(-c4ccccc4)cc3)C(=O)C23CCN(Cc2ncccc2C)CC3C(=O)O)n1. The van der Waals surface area contributed by atoms with Gasteiger partial charge in [0.2, 0.25) is 11.8 Å². The fourth-order valence-corrected chi connectivity index (χ4v) is 5.97. The molecule has 43 heavy (non-hydrogen) atoms. The van der Waals surface area contributed by atoms with Crippen molar-refractivity contribution in [1.82, 2.24) is 19.9 Å². The molecule has 2 unspecified atom stereocenters. The number of hydrogen-bond acceptors (Lipinski definition) is 8. The van der Waals surface area contributed by atoms with E-state index in [9.17, 15) is 19.5 Å². The minimum atomic E-state index is -1.76. The smallest absolute Gasteiger partial charge is 0.339 e. The Morgan fingerprint density at radius 3 is 2.42 bits per heavy atom. The van der Waals surface area contributed by atoms with Gasteiger partial charge in [-0.3, -0.25) is 19.5 Å². The number of pyridine rings is 1. The van der Waals surface area contributed by atoms with Crippen LogP contribution in [-0.2, 0) is 16.1 Å². The van der Waals surface area contributed by atoms with Crippen LogP contribution in [0.15, 0.2) is 85.2 Å². The third-order valence-corrected chi connectivity index (χ3v) is 8.23. The second-order valence-corrected chi connectivity index (χ2v) is 10.6. The second kappa shape index (κ2) is 11.3. The molecule has 2 aromatic heterocycles. The topological polar surface area (TPSA) is 129 Å². The van der Waals surface area contributed by atoms with E-state index in [0.717, 1.165) is 32.2 Å². The van der Waals surface area contributed by atoms with E-state index >= 15 is 0 Å². The average molecular weight is 579 g/mol. The van der Waals surface area contributed by atoms with Crippen LogP contribution in [0.2, 0.25) is 0 Å². The van der Waals surface area contributed by atoms with E-state index in [2.05, 4.69) is 15.0 Å². The van der Waals surface area contributed by atoms with Gasteiger partial charge in [-0.1, -0.05) is 48.5 Å². The molecule has 0 aliphatic carbocycles. The largest absolute Gasteiger partial charge is 0.481 e. The first-order valence-corrected chi connectivity index (χ1v) is 13.9. The predicted octanol–water partition coefficient (Wildman–Crippen LogP) is 4.17. The Morgan fingerprint density at radius 1 is 0.977 bits per heavy atom. The molecule has 3 amide bonds. The van der Waals surface area contributed by atoms with Crippen molar-refractivity contribution in [3.8, 4) is 17.0 Å². The number of carboxylic acids is 1. The number of rotatable bonds is 7. The fourth-order valence-electron chi connectivity index (χ4n) is 5.97. The highest BCUT2D eigenvalue weighted by Crippen LogP contribution is 2.45. The summed E-state index contributed by atoms with van der Waals surface area (Å²) in [5.41, 5.74) is 2.27. The third-order valence-electron chi connectivity index (χ3n) is 8.23. The molecule has 1 spiro atoms. The lowest BCUT2D eigenvalue weighted by Gasteiger charge is -2.45. The van der Waals surface area contributed by atoms with Crippen LogP contribution in [0.25, 0.3) is 11.1 Å².